The number of hydrogen-bond acceptors (Lipinski definition) is 4. The second-order valence-electron chi connectivity index (χ2n) is 4.16. The van der Waals surface area contributed by atoms with Gasteiger partial charge < -0.3 is 9.47 Å². The van der Waals surface area contributed by atoms with Gasteiger partial charge in [0.2, 0.25) is 0 Å². The van der Waals surface area contributed by atoms with Crippen LogP contribution in [0.15, 0.2) is 36.4 Å². The topological polar surface area (TPSA) is 18.5 Å². The van der Waals surface area contributed by atoms with Gasteiger partial charge in [0.1, 0.15) is 11.5 Å². The Labute approximate surface area is 120 Å². The molecule has 0 N–H and O–H groups in total. The van der Waals surface area contributed by atoms with Gasteiger partial charge in [-0.2, -0.15) is 0 Å². The van der Waals surface area contributed by atoms with E-state index in [1.54, 1.807) is 25.6 Å². The zero-order valence-corrected chi connectivity index (χ0v) is 12.2. The third-order valence-electron chi connectivity index (χ3n) is 3.09. The van der Waals surface area contributed by atoms with E-state index < -0.39 is 0 Å². The summed E-state index contributed by atoms with van der Waals surface area (Å²) < 4.78 is 13.7. The first-order valence-corrected chi connectivity index (χ1v) is 7.04. The third-order valence-corrected chi connectivity index (χ3v) is 4.64. The van der Waals surface area contributed by atoms with Crippen molar-refractivity contribution in [2.75, 3.05) is 14.2 Å². The second-order valence-corrected chi connectivity index (χ2v) is 5.65. The van der Waals surface area contributed by atoms with Crippen LogP contribution in [0.4, 0.5) is 0 Å². The van der Waals surface area contributed by atoms with Crippen LogP contribution in [0.3, 0.4) is 0 Å². The fourth-order valence-corrected chi connectivity index (χ4v) is 3.70. The Morgan fingerprint density at radius 2 is 1.32 bits per heavy atom. The molecule has 0 aliphatic carbocycles. The highest BCUT2D eigenvalue weighted by atomic mass is 32.1. The maximum absolute atomic E-state index is 5.58. The lowest BCUT2D eigenvalue weighted by Gasteiger charge is -2.06. The number of methoxy groups -OCH3 is 2. The molecule has 0 radical (unpaired) electrons. The minimum atomic E-state index is 0.848. The highest BCUT2D eigenvalue weighted by molar-refractivity contribution is 7.72. The van der Waals surface area contributed by atoms with E-state index in [-0.39, 0.29) is 0 Å². The molecule has 0 fully saturated rings. The van der Waals surface area contributed by atoms with E-state index in [9.17, 15) is 0 Å². The summed E-state index contributed by atoms with van der Waals surface area (Å²) in [5, 5.41) is 2.19. The number of fused-ring (bicyclic) bond motifs is 2. The van der Waals surface area contributed by atoms with Crippen molar-refractivity contribution in [3.8, 4) is 11.5 Å². The van der Waals surface area contributed by atoms with Crippen LogP contribution in [0.1, 0.15) is 0 Å². The van der Waals surface area contributed by atoms with E-state index in [0.29, 0.717) is 0 Å². The SMILES string of the molecule is COc1ccc2c(=S)c3ccc(OC)cc3sc2c1. The first-order chi connectivity index (χ1) is 9.22. The average molecular weight is 288 g/mol. The quantitative estimate of drug-likeness (QED) is 0.498. The molecule has 0 unspecified atom stereocenters. The van der Waals surface area contributed by atoms with Crippen molar-refractivity contribution in [2.24, 2.45) is 0 Å². The molecule has 19 heavy (non-hydrogen) atoms. The Morgan fingerprint density at radius 3 is 1.74 bits per heavy atom. The molecule has 0 amide bonds. The Kier molecular flexibility index (Phi) is 3.12. The van der Waals surface area contributed by atoms with Crippen LogP contribution in [0.2, 0.25) is 0 Å². The molecule has 1 heterocycles. The van der Waals surface area contributed by atoms with Gasteiger partial charge in [0.05, 0.1) is 18.7 Å². The van der Waals surface area contributed by atoms with E-state index in [2.05, 4.69) is 0 Å². The van der Waals surface area contributed by atoms with Gasteiger partial charge in [-0.25, -0.2) is 0 Å². The normalized spacial score (nSPS) is 10.8. The van der Waals surface area contributed by atoms with E-state index >= 15 is 0 Å². The lowest BCUT2D eigenvalue weighted by molar-refractivity contribution is 0.415. The zero-order chi connectivity index (χ0) is 13.4. The molecule has 0 saturated carbocycles. The van der Waals surface area contributed by atoms with Gasteiger partial charge in [0, 0.05) is 20.2 Å². The molecule has 0 atom stereocenters. The van der Waals surface area contributed by atoms with Gasteiger partial charge >= 0.3 is 0 Å². The van der Waals surface area contributed by atoms with Gasteiger partial charge in [0.15, 0.2) is 0 Å². The summed E-state index contributed by atoms with van der Waals surface area (Å²) in [5.74, 6) is 1.70. The van der Waals surface area contributed by atoms with Crippen molar-refractivity contribution in [3.63, 3.8) is 0 Å². The lowest BCUT2D eigenvalue weighted by Crippen LogP contribution is -1.84. The van der Waals surface area contributed by atoms with Crippen molar-refractivity contribution in [1.82, 2.24) is 0 Å². The van der Waals surface area contributed by atoms with Crippen LogP contribution in [0.5, 0.6) is 11.5 Å². The third kappa shape index (κ3) is 2.07. The van der Waals surface area contributed by atoms with Crippen molar-refractivity contribution in [2.45, 2.75) is 0 Å². The summed E-state index contributed by atoms with van der Waals surface area (Å²) >= 11 is 7.28. The van der Waals surface area contributed by atoms with Crippen LogP contribution in [-0.4, -0.2) is 14.2 Å². The Bertz CT molecular complexity index is 756. The van der Waals surface area contributed by atoms with Crippen LogP contribution in [0, 0.1) is 4.51 Å². The van der Waals surface area contributed by atoms with Gasteiger partial charge in [0.25, 0.3) is 0 Å². The predicted molar refractivity (Wildman–Crippen MR) is 83.3 cm³/mol. The molecule has 0 saturated heterocycles. The molecular weight excluding hydrogens is 276 g/mol. The van der Waals surface area contributed by atoms with Crippen molar-refractivity contribution < 1.29 is 9.47 Å². The first kappa shape index (κ1) is 12.4. The molecule has 3 rings (SSSR count). The van der Waals surface area contributed by atoms with Crippen LogP contribution < -0.4 is 9.47 Å². The van der Waals surface area contributed by atoms with Gasteiger partial charge in [-0.05, 0) is 36.4 Å². The molecule has 2 aromatic carbocycles. The number of rotatable bonds is 2. The molecular formula is C15H12O2S2. The molecule has 96 valence electrons. The van der Waals surface area contributed by atoms with E-state index in [4.69, 9.17) is 21.7 Å². The fraction of sp³-hybridized carbons (Fsp3) is 0.133. The number of benzene rings is 2. The average Bonchev–Trinajstić information content (AvgIpc) is 2.46. The highest BCUT2D eigenvalue weighted by Crippen LogP contribution is 2.34. The second kappa shape index (κ2) is 4.79. The Balaban J connectivity index is 2.41. The maximum atomic E-state index is 5.58. The molecule has 3 aromatic rings. The molecule has 0 spiro atoms. The summed E-state index contributed by atoms with van der Waals surface area (Å²) in [6.07, 6.45) is 0. The standard InChI is InChI=1S/C15H12O2S2/c1-16-9-3-5-11-13(7-9)19-14-8-10(17-2)4-6-12(14)15(11)18/h3-8H,1-2H3. The molecule has 2 nitrogen and oxygen atoms in total. The van der Waals surface area contributed by atoms with E-state index in [1.807, 2.05) is 36.4 Å². The summed E-state index contributed by atoms with van der Waals surface area (Å²) in [6, 6.07) is 12.0. The van der Waals surface area contributed by atoms with Crippen molar-refractivity contribution in [1.29, 1.82) is 0 Å². The maximum Gasteiger partial charge on any atom is 0.120 e. The molecule has 0 aliphatic rings. The minimum Gasteiger partial charge on any atom is -0.497 e. The number of hydrogen-bond donors (Lipinski definition) is 0. The van der Waals surface area contributed by atoms with E-state index in [0.717, 1.165) is 36.2 Å². The summed E-state index contributed by atoms with van der Waals surface area (Å²) in [7, 11) is 3.34. The summed E-state index contributed by atoms with van der Waals surface area (Å²) in [4.78, 5) is 0. The van der Waals surface area contributed by atoms with Crippen molar-refractivity contribution in [3.05, 3.63) is 40.9 Å². The van der Waals surface area contributed by atoms with Gasteiger partial charge in [-0.3, -0.25) is 0 Å². The first-order valence-electron chi connectivity index (χ1n) is 5.81. The van der Waals surface area contributed by atoms with E-state index in [1.165, 1.54) is 0 Å². The highest BCUT2D eigenvalue weighted by Gasteiger charge is 2.05. The van der Waals surface area contributed by atoms with Gasteiger partial charge in [-0.1, -0.05) is 12.2 Å². The Hall–Kier alpha value is -1.65. The smallest absolute Gasteiger partial charge is 0.120 e. The summed E-state index contributed by atoms with van der Waals surface area (Å²) in [5.41, 5.74) is 0. The fourth-order valence-electron chi connectivity index (χ4n) is 2.07. The number of ether oxygens (including phenoxy) is 2. The van der Waals surface area contributed by atoms with Crippen LogP contribution in [0.25, 0.3) is 20.2 Å². The van der Waals surface area contributed by atoms with Crippen LogP contribution >= 0.6 is 23.6 Å². The molecule has 4 heteroatoms. The van der Waals surface area contributed by atoms with Gasteiger partial charge in [-0.15, -0.1) is 11.3 Å². The zero-order valence-electron chi connectivity index (χ0n) is 10.6. The lowest BCUT2D eigenvalue weighted by atomic mass is 10.2. The predicted octanol–water partition coefficient (Wildman–Crippen LogP) is 4.80. The minimum absolute atomic E-state index is 0.848. The summed E-state index contributed by atoms with van der Waals surface area (Å²) in [6.45, 7) is 0. The monoisotopic (exact) mass is 288 g/mol. The molecule has 0 bridgehead atoms. The van der Waals surface area contributed by atoms with Crippen molar-refractivity contribution >= 4 is 43.7 Å². The largest absolute Gasteiger partial charge is 0.497 e. The van der Waals surface area contributed by atoms with Crippen LogP contribution in [-0.2, 0) is 0 Å². The molecule has 1 aromatic heterocycles. The molecule has 0 aliphatic heterocycles. The Morgan fingerprint density at radius 1 is 0.842 bits per heavy atom.